The van der Waals surface area contributed by atoms with Gasteiger partial charge in [-0.1, -0.05) is 212 Å². The Bertz CT molecular complexity index is 4330. The minimum Gasteiger partial charge on any atom is -0.496 e. The van der Waals surface area contributed by atoms with Gasteiger partial charge in [0.2, 0.25) is 5.75 Å². The van der Waals surface area contributed by atoms with Crippen molar-refractivity contribution in [3.8, 4) is 69.0 Å². The van der Waals surface area contributed by atoms with Crippen molar-refractivity contribution in [3.63, 3.8) is 0 Å². The number of amides is 5. The predicted octanol–water partition coefficient (Wildman–Crippen LogP) is 22.8. The van der Waals surface area contributed by atoms with Gasteiger partial charge in [-0.3, -0.25) is 34.1 Å². The first-order chi connectivity index (χ1) is 58.8. The minimum atomic E-state index is -0.790. The third kappa shape index (κ3) is 32.2. The van der Waals surface area contributed by atoms with E-state index in [0.29, 0.717) is 25.7 Å². The van der Waals surface area contributed by atoms with Crippen molar-refractivity contribution in [2.45, 2.75) is 237 Å². The van der Waals surface area contributed by atoms with E-state index in [-0.39, 0.29) is 207 Å². The van der Waals surface area contributed by atoms with Crippen LogP contribution in [0.2, 0.25) is 0 Å². The summed E-state index contributed by atoms with van der Waals surface area (Å²) in [6.45, 7) is 25.7. The maximum Gasteiger partial charge on any atom is 0.341 e. The monoisotopic (exact) mass is 1700 g/mol. The summed E-state index contributed by atoms with van der Waals surface area (Å²) >= 11 is 0. The molecule has 0 heterocycles. The van der Waals surface area contributed by atoms with Crippen LogP contribution in [0.1, 0.15) is 299 Å². The Morgan fingerprint density at radius 3 is 0.795 bits per heavy atom. The fourth-order valence-electron chi connectivity index (χ4n) is 13.0. The average Bonchev–Trinajstić information content (AvgIpc) is 0.789. The number of esters is 1. The second-order valence-electron chi connectivity index (χ2n) is 32.2. The molecule has 0 aliphatic heterocycles. The molecule has 0 radical (unpaired) electrons. The van der Waals surface area contributed by atoms with Crippen LogP contribution in [0.5, 0.6) is 69.0 Å². The zero-order chi connectivity index (χ0) is 89.0. The number of anilines is 5. The molecule has 0 saturated carbocycles. The van der Waals surface area contributed by atoms with Gasteiger partial charge in [-0.25, -0.2) is 4.79 Å². The van der Waals surface area contributed by atoms with Gasteiger partial charge in [0.15, 0.2) is 0 Å². The van der Waals surface area contributed by atoms with E-state index in [2.05, 4.69) is 54.3 Å². The van der Waals surface area contributed by atoms with Crippen LogP contribution in [-0.4, -0.2) is 129 Å². The summed E-state index contributed by atoms with van der Waals surface area (Å²) in [5.74, 6) is -3.56. The number of carbonyl (C=O) groups excluding carboxylic acids is 6. The van der Waals surface area contributed by atoms with Gasteiger partial charge >= 0.3 is 11.7 Å². The molecule has 0 aromatic heterocycles. The fraction of sp³-hybridized carbons (Fsp3) is 0.558. The maximum atomic E-state index is 15.8. The highest BCUT2D eigenvalue weighted by Crippen LogP contribution is 2.44. The number of hydrogen-bond acceptors (Lipinski definition) is 21. The average molecular weight is 1700 g/mol. The summed E-state index contributed by atoms with van der Waals surface area (Å²) in [7, 11) is 6.70. The molecule has 0 saturated heterocycles. The van der Waals surface area contributed by atoms with Crippen molar-refractivity contribution in [2.24, 2.45) is 23.7 Å². The molecule has 6 aromatic carbocycles. The quantitative estimate of drug-likeness (QED) is 0.0102. The summed E-state index contributed by atoms with van der Waals surface area (Å²) in [6, 6.07) is 17.0. The third-order valence-corrected chi connectivity index (χ3v) is 19.7. The molecule has 0 spiro atoms. The predicted molar refractivity (Wildman–Crippen MR) is 479 cm³/mol. The van der Waals surface area contributed by atoms with E-state index in [0.717, 1.165) is 128 Å². The van der Waals surface area contributed by atoms with Crippen molar-refractivity contribution >= 4 is 69.6 Å². The van der Waals surface area contributed by atoms with Crippen molar-refractivity contribution in [1.29, 1.82) is 0 Å². The molecule has 0 aliphatic rings. The summed E-state index contributed by atoms with van der Waals surface area (Å²) in [4.78, 5) is 102. The van der Waals surface area contributed by atoms with E-state index in [9.17, 15) is 19.7 Å². The fourth-order valence-corrected chi connectivity index (χ4v) is 13.0. The van der Waals surface area contributed by atoms with E-state index >= 15 is 19.2 Å². The molecule has 5 N–H and O–H groups in total. The molecule has 27 nitrogen and oxygen atoms in total. The highest BCUT2D eigenvalue weighted by Gasteiger charge is 2.31. The molecule has 6 aromatic rings. The lowest BCUT2D eigenvalue weighted by Gasteiger charge is -2.21. The van der Waals surface area contributed by atoms with Gasteiger partial charge in [0.1, 0.15) is 68.8 Å². The summed E-state index contributed by atoms with van der Waals surface area (Å²) in [5, 5.41) is 27.8. The molecule has 0 atom stereocenters. The zero-order valence-corrected chi connectivity index (χ0v) is 75.4. The van der Waals surface area contributed by atoms with Gasteiger partial charge in [0.25, 0.3) is 29.5 Å². The van der Waals surface area contributed by atoms with Crippen molar-refractivity contribution < 1.29 is 95.3 Å². The normalized spacial score (nSPS) is 11.1. The van der Waals surface area contributed by atoms with Gasteiger partial charge in [0.05, 0.1) is 150 Å². The highest BCUT2D eigenvalue weighted by atomic mass is 16.6. The molecule has 122 heavy (non-hydrogen) atoms. The lowest BCUT2D eigenvalue weighted by atomic mass is 10.1. The number of ether oxygens (including phenoxy) is 13. The topological polar surface area (TPSA) is 326 Å². The van der Waals surface area contributed by atoms with Gasteiger partial charge in [-0.15, -0.1) is 0 Å². The first kappa shape index (κ1) is 100.0. The first-order valence-corrected chi connectivity index (χ1v) is 43.8. The second-order valence-corrected chi connectivity index (χ2v) is 32.2. The number of benzene rings is 6. The van der Waals surface area contributed by atoms with Gasteiger partial charge in [-0.05, 0) is 79.7 Å². The van der Waals surface area contributed by atoms with Crippen molar-refractivity contribution in [3.05, 3.63) is 116 Å². The number of unbranched alkanes of at least 4 members (excludes halogenated alkanes) is 20. The number of rotatable bonds is 60. The number of methoxy groups -OCH3 is 5. The largest absolute Gasteiger partial charge is 0.496 e. The van der Waals surface area contributed by atoms with Crippen LogP contribution in [0.4, 0.5) is 34.1 Å². The van der Waals surface area contributed by atoms with E-state index in [1.54, 1.807) is 6.07 Å². The van der Waals surface area contributed by atoms with Crippen LogP contribution in [0.25, 0.3) is 0 Å². The number of nitrogens with zero attached hydrogens (tertiary/aromatic N) is 1. The molecule has 0 aliphatic carbocycles. The van der Waals surface area contributed by atoms with E-state index < -0.39 is 46.1 Å². The van der Waals surface area contributed by atoms with Crippen LogP contribution >= 0.6 is 0 Å². The molecule has 672 valence electrons. The SMILES string of the molecule is CCCCCCCCOc1cc(OCCCCCCCC)c(C(=O)Nc2cc(C(=O)Nc3cc(C(=O)Nc4cc(C(=O)Nc5cc(C(=O)OC)c(OC)cc5OC)c(OCC(C)C)cc4OCC(C)C)c(OC)cc3OC)c(OCC(C)C)cc2OCC(C)C)cc1NC(=O)c1cc([N+](=O)[O-])c(OCCCCCCCC)cc1OCCCCCCCC. The van der Waals surface area contributed by atoms with Crippen LogP contribution in [0, 0.1) is 33.8 Å². The van der Waals surface area contributed by atoms with Gasteiger partial charge < -0.3 is 88.2 Å². The molecule has 0 bridgehead atoms. The number of nitro benzene ring substituents is 1. The summed E-state index contributed by atoms with van der Waals surface area (Å²) < 4.78 is 79.2. The van der Waals surface area contributed by atoms with Crippen molar-refractivity contribution in [2.75, 3.05) is 115 Å². The molecule has 5 amide bonds. The lowest BCUT2D eigenvalue weighted by molar-refractivity contribution is -0.385. The minimum absolute atomic E-state index is 0.00102. The zero-order valence-electron chi connectivity index (χ0n) is 75.4. The first-order valence-electron chi connectivity index (χ1n) is 43.8. The molecular formula is C95H136N6O21. The third-order valence-electron chi connectivity index (χ3n) is 19.7. The summed E-state index contributed by atoms with van der Waals surface area (Å²) in [5.41, 5.74) is -0.739. The Balaban J connectivity index is 1.50. The molecule has 0 fully saturated rings. The number of hydrogen-bond donors (Lipinski definition) is 5. The van der Waals surface area contributed by atoms with Gasteiger partial charge in [-0.2, -0.15) is 0 Å². The van der Waals surface area contributed by atoms with Crippen LogP contribution in [0.3, 0.4) is 0 Å². The summed E-state index contributed by atoms with van der Waals surface area (Å²) in [6.07, 6.45) is 23.1. The van der Waals surface area contributed by atoms with Crippen LogP contribution in [0.15, 0.2) is 72.8 Å². The molecule has 27 heteroatoms. The molecule has 6 rings (SSSR count). The van der Waals surface area contributed by atoms with Crippen LogP contribution < -0.4 is 83.4 Å². The molecular weight excluding hydrogens is 1560 g/mol. The van der Waals surface area contributed by atoms with E-state index in [4.69, 9.17) is 61.6 Å². The van der Waals surface area contributed by atoms with Gasteiger partial charge in [0, 0.05) is 42.5 Å². The Morgan fingerprint density at radius 2 is 0.500 bits per heavy atom. The standard InChI is InChI=1S/C95H136N6O21/c1-18-22-26-30-34-38-42-115-80-54-86(117-44-40-36-32-28-24-20-3)74(98-94(106)70-51-77(101(108)109)89(118-45-41-37-33-29-25-21-4)57-81(70)116-43-39-35-31-27-23-19-2)47-67(80)91(103)100-76-49-68(82(119-58-62(5)6)56-88(76)122-61-65(11)12)92(104)96-72-46-66(78(110-13)52-84(72)112-15)90(102)99-75-48-69(83(120-59-63(7)8)55-87(75)121-60-64(9)10)93(105)97-73-50-71(95(107)114-17)79(111-14)53-85(73)113-16/h46-57,62-65H,18-45,58-61H2,1-17H3,(H,96,104)(H,97,105)(H,98,106)(H,99,102)(H,100,103). The van der Waals surface area contributed by atoms with E-state index in [1.165, 1.54) is 102 Å². The number of carbonyl (C=O) groups is 6. The molecule has 0 unspecified atom stereocenters. The Kier molecular flexibility index (Phi) is 44.1. The smallest absolute Gasteiger partial charge is 0.341 e. The van der Waals surface area contributed by atoms with E-state index in [1.807, 2.05) is 55.4 Å². The number of nitrogens with one attached hydrogen (secondary N) is 5. The highest BCUT2D eigenvalue weighted by molar-refractivity contribution is 6.15. The second kappa shape index (κ2) is 53.8. The maximum absolute atomic E-state index is 15.8. The van der Waals surface area contributed by atoms with Crippen LogP contribution in [-0.2, 0) is 4.74 Å². The number of nitro groups is 1. The van der Waals surface area contributed by atoms with Crippen molar-refractivity contribution in [1.82, 2.24) is 0 Å². The Hall–Kier alpha value is -10.9. The Labute approximate surface area is 722 Å². The lowest BCUT2D eigenvalue weighted by Crippen LogP contribution is -2.21. The Morgan fingerprint density at radius 1 is 0.279 bits per heavy atom.